The second-order valence-corrected chi connectivity index (χ2v) is 9.51. The zero-order chi connectivity index (χ0) is 17.9. The molecule has 1 aromatic rings. The van der Waals surface area contributed by atoms with Crippen molar-refractivity contribution in [2.75, 3.05) is 31.1 Å². The summed E-state index contributed by atoms with van der Waals surface area (Å²) in [5.41, 5.74) is 0.484. The first-order valence-corrected chi connectivity index (χ1v) is 10.4. The zero-order valence-electron chi connectivity index (χ0n) is 15.1. The Balaban J connectivity index is 1.28. The maximum absolute atomic E-state index is 14.1. The number of anilines is 1. The molecule has 5 aliphatic rings. The Morgan fingerprint density at radius 3 is 2.15 bits per heavy atom. The van der Waals surface area contributed by atoms with Gasteiger partial charge < -0.3 is 9.80 Å². The Bertz CT molecular complexity index is 693. The molecule has 4 saturated carbocycles. The second-order valence-electron chi connectivity index (χ2n) is 9.07. The highest BCUT2D eigenvalue weighted by Gasteiger charge is 2.55. The predicted molar refractivity (Wildman–Crippen MR) is 101 cm³/mol. The van der Waals surface area contributed by atoms with Gasteiger partial charge in [-0.25, -0.2) is 4.39 Å². The predicted octanol–water partition coefficient (Wildman–Crippen LogP) is 4.34. The lowest BCUT2D eigenvalue weighted by Gasteiger charge is -2.57. The lowest BCUT2D eigenvalue weighted by molar-refractivity contribution is -0.158. The van der Waals surface area contributed by atoms with Gasteiger partial charge in [-0.2, -0.15) is 0 Å². The quantitative estimate of drug-likeness (QED) is 0.766. The van der Waals surface area contributed by atoms with Crippen LogP contribution in [0.3, 0.4) is 0 Å². The molecule has 140 valence electrons. The van der Waals surface area contributed by atoms with Gasteiger partial charge in [0, 0.05) is 31.2 Å². The van der Waals surface area contributed by atoms with E-state index in [0.29, 0.717) is 42.8 Å². The summed E-state index contributed by atoms with van der Waals surface area (Å²) < 4.78 is 14.1. The van der Waals surface area contributed by atoms with Crippen LogP contribution in [-0.4, -0.2) is 37.0 Å². The molecular weight excluding hydrogens is 351 g/mol. The fraction of sp³-hybridized carbons (Fsp3) is 0.667. The Hall–Kier alpha value is -1.29. The average Bonchev–Trinajstić information content (AvgIpc) is 2.62. The van der Waals surface area contributed by atoms with E-state index in [2.05, 4.69) is 4.90 Å². The molecule has 0 atom stereocenters. The van der Waals surface area contributed by atoms with Crippen LogP contribution in [0.5, 0.6) is 0 Å². The number of amides is 1. The molecule has 3 nitrogen and oxygen atoms in total. The van der Waals surface area contributed by atoms with E-state index in [1.807, 2.05) is 4.90 Å². The van der Waals surface area contributed by atoms with Crippen molar-refractivity contribution < 1.29 is 9.18 Å². The highest BCUT2D eigenvalue weighted by Crippen LogP contribution is 2.60. The van der Waals surface area contributed by atoms with E-state index in [1.54, 1.807) is 12.1 Å². The topological polar surface area (TPSA) is 23.6 Å². The highest BCUT2D eigenvalue weighted by molar-refractivity contribution is 6.30. The maximum Gasteiger partial charge on any atom is 0.228 e. The van der Waals surface area contributed by atoms with E-state index >= 15 is 0 Å². The van der Waals surface area contributed by atoms with Crippen LogP contribution in [0.25, 0.3) is 0 Å². The number of piperazine rings is 1. The first-order valence-electron chi connectivity index (χ1n) is 10.0. The van der Waals surface area contributed by atoms with Gasteiger partial charge in [0.25, 0.3) is 0 Å². The van der Waals surface area contributed by atoms with Crippen LogP contribution in [0, 0.1) is 29.0 Å². The number of carbonyl (C=O) groups excluding carboxylic acids is 1. The fourth-order valence-electron chi connectivity index (χ4n) is 6.59. The molecule has 6 rings (SSSR count). The second kappa shape index (κ2) is 6.12. The van der Waals surface area contributed by atoms with Crippen LogP contribution in [0.15, 0.2) is 18.2 Å². The molecule has 0 N–H and O–H groups in total. The van der Waals surface area contributed by atoms with Crippen molar-refractivity contribution in [2.24, 2.45) is 23.2 Å². The molecule has 5 fully saturated rings. The molecule has 1 aliphatic heterocycles. The molecule has 26 heavy (non-hydrogen) atoms. The van der Waals surface area contributed by atoms with Gasteiger partial charge in [-0.1, -0.05) is 11.6 Å². The summed E-state index contributed by atoms with van der Waals surface area (Å²) in [5, 5.41) is 0.550. The summed E-state index contributed by atoms with van der Waals surface area (Å²) in [6.07, 6.45) is 7.40. The van der Waals surface area contributed by atoms with Crippen molar-refractivity contribution in [3.05, 3.63) is 29.0 Å². The van der Waals surface area contributed by atoms with E-state index in [1.165, 1.54) is 25.3 Å². The van der Waals surface area contributed by atoms with Crippen LogP contribution in [-0.2, 0) is 4.79 Å². The lowest BCUT2D eigenvalue weighted by atomic mass is 9.49. The van der Waals surface area contributed by atoms with Gasteiger partial charge in [-0.3, -0.25) is 4.79 Å². The smallest absolute Gasteiger partial charge is 0.228 e. The number of carbonyl (C=O) groups is 1. The first kappa shape index (κ1) is 16.9. The fourth-order valence-corrected chi connectivity index (χ4v) is 6.75. The van der Waals surface area contributed by atoms with Crippen molar-refractivity contribution in [1.82, 2.24) is 4.90 Å². The van der Waals surface area contributed by atoms with Gasteiger partial charge in [-0.15, -0.1) is 0 Å². The SMILES string of the molecule is O=C(N1CCN(c2cc(Cl)ccc2F)CC1)C12CC3CC(CC(C3)C1)C2. The third-order valence-electron chi connectivity index (χ3n) is 7.31. The van der Waals surface area contributed by atoms with Crippen molar-refractivity contribution in [2.45, 2.75) is 38.5 Å². The van der Waals surface area contributed by atoms with Crippen LogP contribution < -0.4 is 4.90 Å². The maximum atomic E-state index is 14.1. The monoisotopic (exact) mass is 376 g/mol. The largest absolute Gasteiger partial charge is 0.366 e. The van der Waals surface area contributed by atoms with E-state index in [-0.39, 0.29) is 11.2 Å². The Labute approximate surface area is 159 Å². The van der Waals surface area contributed by atoms with Crippen molar-refractivity contribution >= 4 is 23.2 Å². The Kier molecular flexibility index (Phi) is 3.97. The molecule has 4 bridgehead atoms. The molecular formula is C21H26ClFN2O. The number of nitrogens with zero attached hydrogens (tertiary/aromatic N) is 2. The molecule has 0 spiro atoms. The average molecular weight is 377 g/mol. The minimum absolute atomic E-state index is 0.0712. The van der Waals surface area contributed by atoms with Crippen molar-refractivity contribution in [3.63, 3.8) is 0 Å². The van der Waals surface area contributed by atoms with Crippen LogP contribution in [0.2, 0.25) is 5.02 Å². The molecule has 1 heterocycles. The summed E-state index contributed by atoms with van der Waals surface area (Å²) in [5.74, 6) is 2.50. The molecule has 0 aromatic heterocycles. The van der Waals surface area contributed by atoms with E-state index < -0.39 is 0 Å². The lowest BCUT2D eigenvalue weighted by Crippen LogP contribution is -2.58. The zero-order valence-corrected chi connectivity index (χ0v) is 15.8. The van der Waals surface area contributed by atoms with Crippen LogP contribution >= 0.6 is 11.6 Å². The van der Waals surface area contributed by atoms with E-state index in [0.717, 1.165) is 37.0 Å². The Morgan fingerprint density at radius 1 is 1.00 bits per heavy atom. The van der Waals surface area contributed by atoms with Gasteiger partial charge in [0.15, 0.2) is 0 Å². The minimum atomic E-state index is -0.240. The van der Waals surface area contributed by atoms with Gasteiger partial charge in [-0.05, 0) is 74.5 Å². The molecule has 5 heteroatoms. The van der Waals surface area contributed by atoms with Gasteiger partial charge >= 0.3 is 0 Å². The standard InChI is InChI=1S/C21H26ClFN2O/c22-17-1-2-18(23)19(10-17)24-3-5-25(6-4-24)20(26)21-11-14-7-15(12-21)9-16(8-14)13-21/h1-2,10,14-16H,3-9,11-13H2. The molecule has 1 amide bonds. The summed E-state index contributed by atoms with van der Waals surface area (Å²) in [6.45, 7) is 2.73. The van der Waals surface area contributed by atoms with E-state index in [4.69, 9.17) is 11.6 Å². The van der Waals surface area contributed by atoms with Gasteiger partial charge in [0.05, 0.1) is 11.1 Å². The Morgan fingerprint density at radius 2 is 1.58 bits per heavy atom. The minimum Gasteiger partial charge on any atom is -0.366 e. The summed E-state index contributed by atoms with van der Waals surface area (Å²) in [6, 6.07) is 4.69. The summed E-state index contributed by atoms with van der Waals surface area (Å²) in [4.78, 5) is 17.5. The first-order chi connectivity index (χ1) is 12.5. The normalized spacial score (nSPS) is 35.8. The van der Waals surface area contributed by atoms with Gasteiger partial charge in [0.2, 0.25) is 5.91 Å². The number of benzene rings is 1. The number of halogens is 2. The van der Waals surface area contributed by atoms with Crippen molar-refractivity contribution in [1.29, 1.82) is 0 Å². The number of hydrogen-bond acceptors (Lipinski definition) is 2. The summed E-state index contributed by atoms with van der Waals surface area (Å²) >= 11 is 6.03. The number of rotatable bonds is 2. The molecule has 0 unspecified atom stereocenters. The molecule has 1 saturated heterocycles. The van der Waals surface area contributed by atoms with Crippen molar-refractivity contribution in [3.8, 4) is 0 Å². The van der Waals surface area contributed by atoms with E-state index in [9.17, 15) is 9.18 Å². The van der Waals surface area contributed by atoms with Crippen LogP contribution in [0.1, 0.15) is 38.5 Å². The number of hydrogen-bond donors (Lipinski definition) is 0. The van der Waals surface area contributed by atoms with Gasteiger partial charge in [0.1, 0.15) is 5.82 Å². The summed E-state index contributed by atoms with van der Waals surface area (Å²) in [7, 11) is 0. The molecule has 0 radical (unpaired) electrons. The van der Waals surface area contributed by atoms with Crippen LogP contribution in [0.4, 0.5) is 10.1 Å². The molecule has 1 aromatic carbocycles. The molecule has 4 aliphatic carbocycles. The third-order valence-corrected chi connectivity index (χ3v) is 7.54. The highest BCUT2D eigenvalue weighted by atomic mass is 35.5. The third kappa shape index (κ3) is 2.72.